The highest BCUT2D eigenvalue weighted by Gasteiger charge is 2.26. The van der Waals surface area contributed by atoms with Crippen LogP contribution in [0.15, 0.2) is 66.7 Å². The van der Waals surface area contributed by atoms with Gasteiger partial charge in [-0.2, -0.15) is 0 Å². The zero-order valence-electron chi connectivity index (χ0n) is 17.5. The summed E-state index contributed by atoms with van der Waals surface area (Å²) in [4.78, 5) is 20.1. The van der Waals surface area contributed by atoms with Crippen molar-refractivity contribution in [3.63, 3.8) is 0 Å². The quantitative estimate of drug-likeness (QED) is 0.402. The van der Waals surface area contributed by atoms with Gasteiger partial charge in [0.25, 0.3) is 5.91 Å². The number of methoxy groups -OCH3 is 3. The lowest BCUT2D eigenvalue weighted by Gasteiger charge is -2.22. The molecule has 6 nitrogen and oxygen atoms in total. The highest BCUT2D eigenvalue weighted by atomic mass is 32.1. The molecule has 0 aliphatic heterocycles. The van der Waals surface area contributed by atoms with Gasteiger partial charge in [-0.25, -0.2) is 4.98 Å². The van der Waals surface area contributed by atoms with Crippen LogP contribution in [0.2, 0.25) is 0 Å². The smallest absolute Gasteiger partial charge is 0.264 e. The molecule has 0 saturated heterocycles. The van der Waals surface area contributed by atoms with Crippen LogP contribution in [-0.2, 0) is 6.54 Å². The number of para-hydroxylation sites is 1. The van der Waals surface area contributed by atoms with E-state index in [0.717, 1.165) is 21.5 Å². The summed E-state index contributed by atoms with van der Waals surface area (Å²) < 4.78 is 17.2. The number of benzene rings is 3. The van der Waals surface area contributed by atoms with Gasteiger partial charge in [0.05, 0.1) is 43.7 Å². The minimum absolute atomic E-state index is 0.217. The molecule has 1 heterocycles. The summed E-state index contributed by atoms with van der Waals surface area (Å²) in [5, 5.41) is 0.599. The number of rotatable bonds is 7. The molecule has 4 rings (SSSR count). The summed E-state index contributed by atoms with van der Waals surface area (Å²) in [5.41, 5.74) is 2.22. The predicted octanol–water partition coefficient (Wildman–Crippen LogP) is 5.17. The lowest BCUT2D eigenvalue weighted by atomic mass is 10.1. The minimum atomic E-state index is -0.217. The average molecular weight is 435 g/mol. The van der Waals surface area contributed by atoms with Crippen LogP contribution in [-0.4, -0.2) is 32.2 Å². The Balaban J connectivity index is 1.81. The van der Waals surface area contributed by atoms with Crippen LogP contribution in [0.1, 0.15) is 15.9 Å². The van der Waals surface area contributed by atoms with E-state index >= 15 is 0 Å². The Labute approximate surface area is 184 Å². The lowest BCUT2D eigenvalue weighted by molar-refractivity contribution is 0.0981. The molecule has 1 amide bonds. The molecule has 0 unspecified atom stereocenters. The van der Waals surface area contributed by atoms with Crippen LogP contribution in [0, 0.1) is 0 Å². The zero-order chi connectivity index (χ0) is 21.8. The lowest BCUT2D eigenvalue weighted by Crippen LogP contribution is -2.30. The molecule has 31 heavy (non-hydrogen) atoms. The third kappa shape index (κ3) is 4.18. The zero-order valence-corrected chi connectivity index (χ0v) is 18.3. The maximum absolute atomic E-state index is 13.7. The Kier molecular flexibility index (Phi) is 6.04. The van der Waals surface area contributed by atoms with Gasteiger partial charge in [-0.1, -0.05) is 47.7 Å². The van der Waals surface area contributed by atoms with Crippen LogP contribution >= 0.6 is 11.3 Å². The van der Waals surface area contributed by atoms with Gasteiger partial charge in [0.1, 0.15) is 5.75 Å². The summed E-state index contributed by atoms with van der Waals surface area (Å²) in [6.45, 7) is 0.372. The number of anilines is 1. The van der Waals surface area contributed by atoms with Crippen molar-refractivity contribution in [3.05, 3.63) is 77.9 Å². The van der Waals surface area contributed by atoms with Crippen LogP contribution in [0.3, 0.4) is 0 Å². The average Bonchev–Trinajstić information content (AvgIpc) is 3.25. The summed E-state index contributed by atoms with van der Waals surface area (Å²) in [7, 11) is 4.71. The van der Waals surface area contributed by atoms with Crippen molar-refractivity contribution in [3.8, 4) is 17.2 Å². The van der Waals surface area contributed by atoms with Gasteiger partial charge in [-0.15, -0.1) is 0 Å². The van der Waals surface area contributed by atoms with Gasteiger partial charge in [0.2, 0.25) is 0 Å². The van der Waals surface area contributed by atoms with Crippen molar-refractivity contribution in [2.45, 2.75) is 6.54 Å². The number of fused-ring (bicyclic) bond motifs is 1. The molecular formula is C24H22N2O4S. The van der Waals surface area contributed by atoms with Crippen LogP contribution in [0.5, 0.6) is 17.2 Å². The summed E-state index contributed by atoms with van der Waals surface area (Å²) >= 11 is 1.44. The van der Waals surface area contributed by atoms with Gasteiger partial charge in [-0.3, -0.25) is 9.69 Å². The first kappa shape index (κ1) is 20.7. The molecule has 0 radical (unpaired) electrons. The first-order valence-corrected chi connectivity index (χ1v) is 10.5. The third-order valence-electron chi connectivity index (χ3n) is 4.88. The molecule has 4 aromatic rings. The molecule has 0 spiro atoms. The fraction of sp³-hybridized carbons (Fsp3) is 0.167. The van der Waals surface area contributed by atoms with E-state index in [2.05, 4.69) is 0 Å². The van der Waals surface area contributed by atoms with Crippen LogP contribution in [0.4, 0.5) is 5.13 Å². The Morgan fingerprint density at radius 1 is 0.935 bits per heavy atom. The van der Waals surface area contributed by atoms with E-state index in [1.165, 1.54) is 18.4 Å². The van der Waals surface area contributed by atoms with E-state index < -0.39 is 0 Å². The van der Waals surface area contributed by atoms with E-state index in [9.17, 15) is 4.79 Å². The van der Waals surface area contributed by atoms with Crippen molar-refractivity contribution >= 4 is 32.6 Å². The normalized spacial score (nSPS) is 10.7. The number of hydrogen-bond acceptors (Lipinski definition) is 6. The van der Waals surface area contributed by atoms with Crippen molar-refractivity contribution < 1.29 is 19.0 Å². The van der Waals surface area contributed by atoms with Gasteiger partial charge >= 0.3 is 0 Å². The van der Waals surface area contributed by atoms with Crippen molar-refractivity contribution in [1.29, 1.82) is 0 Å². The standard InChI is InChI=1S/C24H22N2O4S/c1-28-17-12-13-19-21(14-17)31-24(25-19)26(15-16-8-5-4-6-9-16)23(27)18-10-7-11-20(29-2)22(18)30-3/h4-14H,15H2,1-3H3. The van der Waals surface area contributed by atoms with Crippen LogP contribution < -0.4 is 19.1 Å². The van der Waals surface area contributed by atoms with E-state index in [1.807, 2.05) is 48.5 Å². The fourth-order valence-electron chi connectivity index (χ4n) is 3.33. The number of ether oxygens (including phenoxy) is 3. The summed E-state index contributed by atoms with van der Waals surface area (Å²) in [6, 6.07) is 20.8. The van der Waals surface area contributed by atoms with Crippen molar-refractivity contribution in [1.82, 2.24) is 4.98 Å². The van der Waals surface area contributed by atoms with E-state index in [0.29, 0.717) is 28.7 Å². The molecule has 158 valence electrons. The number of carbonyl (C=O) groups excluding carboxylic acids is 1. The van der Waals surface area contributed by atoms with E-state index in [4.69, 9.17) is 19.2 Å². The topological polar surface area (TPSA) is 60.9 Å². The number of thiazole rings is 1. The first-order valence-electron chi connectivity index (χ1n) is 9.66. The molecule has 7 heteroatoms. The predicted molar refractivity (Wildman–Crippen MR) is 123 cm³/mol. The Morgan fingerprint density at radius 2 is 1.74 bits per heavy atom. The molecule has 0 aliphatic rings. The molecular weight excluding hydrogens is 412 g/mol. The van der Waals surface area contributed by atoms with Gasteiger partial charge in [-0.05, 0) is 35.9 Å². The van der Waals surface area contributed by atoms with Gasteiger partial charge in [0.15, 0.2) is 16.6 Å². The van der Waals surface area contributed by atoms with Crippen molar-refractivity contribution in [2.24, 2.45) is 0 Å². The number of hydrogen-bond donors (Lipinski definition) is 0. The molecule has 1 aromatic heterocycles. The summed E-state index contributed by atoms with van der Waals surface area (Å²) in [6.07, 6.45) is 0. The van der Waals surface area contributed by atoms with E-state index in [-0.39, 0.29) is 5.91 Å². The fourth-order valence-corrected chi connectivity index (χ4v) is 4.32. The minimum Gasteiger partial charge on any atom is -0.497 e. The van der Waals surface area contributed by atoms with Gasteiger partial charge < -0.3 is 14.2 Å². The maximum Gasteiger partial charge on any atom is 0.264 e. The second-order valence-electron chi connectivity index (χ2n) is 6.75. The second-order valence-corrected chi connectivity index (χ2v) is 7.76. The maximum atomic E-state index is 13.7. The largest absolute Gasteiger partial charge is 0.497 e. The molecule has 0 fully saturated rings. The molecule has 3 aromatic carbocycles. The molecule has 0 atom stereocenters. The second kappa shape index (κ2) is 9.06. The monoisotopic (exact) mass is 434 g/mol. The molecule has 0 N–H and O–H groups in total. The molecule has 0 aliphatic carbocycles. The molecule has 0 saturated carbocycles. The Morgan fingerprint density at radius 3 is 2.45 bits per heavy atom. The third-order valence-corrected chi connectivity index (χ3v) is 5.92. The number of nitrogens with zero attached hydrogens (tertiary/aromatic N) is 2. The van der Waals surface area contributed by atoms with Crippen molar-refractivity contribution in [2.75, 3.05) is 26.2 Å². The van der Waals surface area contributed by atoms with Gasteiger partial charge in [0, 0.05) is 0 Å². The molecule has 0 bridgehead atoms. The Hall–Kier alpha value is -3.58. The van der Waals surface area contributed by atoms with E-state index in [1.54, 1.807) is 37.3 Å². The SMILES string of the molecule is COc1ccc2nc(N(Cc3ccccc3)C(=O)c3cccc(OC)c3OC)sc2c1. The van der Waals surface area contributed by atoms with Crippen LogP contribution in [0.25, 0.3) is 10.2 Å². The first-order chi connectivity index (χ1) is 15.1. The number of carbonyl (C=O) groups is 1. The number of aromatic nitrogens is 1. The summed E-state index contributed by atoms with van der Waals surface area (Å²) in [5.74, 6) is 1.43. The highest BCUT2D eigenvalue weighted by molar-refractivity contribution is 7.22. The number of amides is 1. The Bertz CT molecular complexity index is 1210. The highest BCUT2D eigenvalue weighted by Crippen LogP contribution is 2.36.